The summed E-state index contributed by atoms with van der Waals surface area (Å²) in [5, 5.41) is 10.5. The first-order valence-electron chi connectivity index (χ1n) is 9.53. The molecule has 7 heteroatoms. The van der Waals surface area contributed by atoms with Crippen LogP contribution in [0.15, 0.2) is 58.3 Å². The van der Waals surface area contributed by atoms with Crippen molar-refractivity contribution >= 4 is 40.2 Å². The Balaban J connectivity index is 1.92. The van der Waals surface area contributed by atoms with E-state index in [1.54, 1.807) is 23.5 Å². The van der Waals surface area contributed by atoms with E-state index in [2.05, 4.69) is 51.4 Å². The van der Waals surface area contributed by atoms with Gasteiger partial charge >= 0.3 is 0 Å². The van der Waals surface area contributed by atoms with Crippen molar-refractivity contribution in [3.63, 3.8) is 0 Å². The zero-order chi connectivity index (χ0) is 20.8. The van der Waals surface area contributed by atoms with Crippen molar-refractivity contribution in [2.45, 2.75) is 55.2 Å². The Hall–Kier alpha value is -0.866. The molecule has 0 heterocycles. The van der Waals surface area contributed by atoms with Crippen molar-refractivity contribution in [1.29, 1.82) is 0 Å². The van der Waals surface area contributed by atoms with Crippen LogP contribution >= 0.6 is 23.5 Å². The molecule has 0 saturated heterocycles. The third-order valence-electron chi connectivity index (χ3n) is 3.39. The van der Waals surface area contributed by atoms with Crippen molar-refractivity contribution < 1.29 is 14.0 Å². The molecule has 0 aliphatic heterocycles. The van der Waals surface area contributed by atoms with Gasteiger partial charge < -0.3 is 14.0 Å². The molecule has 0 aliphatic carbocycles. The smallest absolute Gasteiger partial charge is 0.242 e. The number of rotatable bonds is 10. The van der Waals surface area contributed by atoms with E-state index < -0.39 is 22.7 Å². The van der Waals surface area contributed by atoms with Gasteiger partial charge in [0.15, 0.2) is 0 Å². The second-order valence-corrected chi connectivity index (χ2v) is 19.6. The highest BCUT2D eigenvalue weighted by Gasteiger charge is 2.20. The molecule has 0 bridgehead atoms. The zero-order valence-corrected chi connectivity index (χ0v) is 21.3. The van der Waals surface area contributed by atoms with Crippen LogP contribution in [0.2, 0.25) is 39.3 Å². The van der Waals surface area contributed by atoms with Gasteiger partial charge in [-0.2, -0.15) is 0 Å². The van der Waals surface area contributed by atoms with Crippen LogP contribution in [0, 0.1) is 0 Å². The van der Waals surface area contributed by atoms with Gasteiger partial charge in [0.05, 0.1) is 6.10 Å². The molecule has 3 nitrogen and oxygen atoms in total. The number of hydrogen-bond donors (Lipinski definition) is 1. The van der Waals surface area contributed by atoms with E-state index in [0.717, 1.165) is 21.3 Å². The molecular formula is C21H32O3S2Si2. The molecule has 0 unspecified atom stereocenters. The van der Waals surface area contributed by atoms with Crippen LogP contribution in [-0.4, -0.2) is 39.4 Å². The van der Waals surface area contributed by atoms with Crippen molar-refractivity contribution in [3.05, 3.63) is 48.5 Å². The van der Waals surface area contributed by atoms with E-state index >= 15 is 0 Å². The number of benzene rings is 2. The van der Waals surface area contributed by atoms with E-state index in [1.165, 1.54) is 0 Å². The number of aliphatic hydroxyl groups is 1. The molecule has 2 aromatic carbocycles. The van der Waals surface area contributed by atoms with Gasteiger partial charge in [0.2, 0.25) is 16.6 Å². The summed E-state index contributed by atoms with van der Waals surface area (Å²) in [5.41, 5.74) is 0. The largest absolute Gasteiger partial charge is 0.544 e. The van der Waals surface area contributed by atoms with Crippen LogP contribution in [0.4, 0.5) is 0 Å². The Bertz CT molecular complexity index is 694. The standard InChI is InChI=1S/C21H32O3S2Si2/c1-27(2,3)23-18-11-7-9-13-20(18)25-15-17(22)16-26-21-14-10-8-12-19(21)24-28(4,5)6/h7-14,17,22H,15-16H2,1-6H3. The average molecular weight is 453 g/mol. The fourth-order valence-electron chi connectivity index (χ4n) is 2.39. The van der Waals surface area contributed by atoms with E-state index in [1.807, 2.05) is 36.4 Å². The molecule has 0 aliphatic rings. The second-order valence-electron chi connectivity index (χ2n) is 8.60. The Morgan fingerprint density at radius 3 is 1.43 bits per heavy atom. The lowest BCUT2D eigenvalue weighted by molar-refractivity contribution is 0.225. The molecule has 0 amide bonds. The van der Waals surface area contributed by atoms with Crippen molar-refractivity contribution in [3.8, 4) is 11.5 Å². The zero-order valence-electron chi connectivity index (χ0n) is 17.7. The normalized spacial score (nSPS) is 12.3. The predicted molar refractivity (Wildman–Crippen MR) is 128 cm³/mol. The molecule has 0 atom stereocenters. The molecule has 2 rings (SSSR count). The molecule has 0 saturated carbocycles. The van der Waals surface area contributed by atoms with Crippen LogP contribution in [0.3, 0.4) is 0 Å². The van der Waals surface area contributed by atoms with Gasteiger partial charge in [-0.1, -0.05) is 24.3 Å². The third-order valence-corrected chi connectivity index (χ3v) is 7.46. The van der Waals surface area contributed by atoms with Gasteiger partial charge in [-0.25, -0.2) is 0 Å². The lowest BCUT2D eigenvalue weighted by Gasteiger charge is -2.22. The summed E-state index contributed by atoms with van der Waals surface area (Å²) in [6.07, 6.45) is -0.408. The Morgan fingerprint density at radius 1 is 0.714 bits per heavy atom. The van der Waals surface area contributed by atoms with E-state index in [0.29, 0.717) is 11.5 Å². The van der Waals surface area contributed by atoms with Gasteiger partial charge in [-0.05, 0) is 63.5 Å². The van der Waals surface area contributed by atoms with Gasteiger partial charge in [-0.3, -0.25) is 0 Å². The Kier molecular flexibility index (Phi) is 8.57. The lowest BCUT2D eigenvalue weighted by Crippen LogP contribution is -2.29. The topological polar surface area (TPSA) is 38.7 Å². The molecule has 154 valence electrons. The maximum atomic E-state index is 10.5. The third kappa shape index (κ3) is 8.65. The van der Waals surface area contributed by atoms with Gasteiger partial charge in [0, 0.05) is 21.3 Å². The summed E-state index contributed by atoms with van der Waals surface area (Å²) in [6.45, 7) is 13.1. The van der Waals surface area contributed by atoms with Crippen LogP contribution in [0.1, 0.15) is 0 Å². The summed E-state index contributed by atoms with van der Waals surface area (Å²) in [6, 6.07) is 16.2. The van der Waals surface area contributed by atoms with E-state index in [4.69, 9.17) is 8.85 Å². The minimum Gasteiger partial charge on any atom is -0.544 e. The molecule has 0 spiro atoms. The number of hydrogen-bond acceptors (Lipinski definition) is 5. The highest BCUT2D eigenvalue weighted by atomic mass is 32.2. The predicted octanol–water partition coefficient (Wildman–Crippen LogP) is 6.36. The van der Waals surface area contributed by atoms with E-state index in [9.17, 15) is 5.11 Å². The highest BCUT2D eigenvalue weighted by molar-refractivity contribution is 8.00. The molecule has 0 radical (unpaired) electrons. The van der Waals surface area contributed by atoms with Gasteiger partial charge in [0.1, 0.15) is 11.5 Å². The average Bonchev–Trinajstić information content (AvgIpc) is 2.57. The number of thioether (sulfide) groups is 2. The fraction of sp³-hybridized carbons (Fsp3) is 0.429. The number of aliphatic hydroxyl groups excluding tert-OH is 1. The summed E-state index contributed by atoms with van der Waals surface area (Å²) in [5.74, 6) is 3.13. The number of para-hydroxylation sites is 2. The Morgan fingerprint density at radius 2 is 1.07 bits per heavy atom. The summed E-state index contributed by atoms with van der Waals surface area (Å²) >= 11 is 3.31. The van der Waals surface area contributed by atoms with Gasteiger partial charge in [-0.15, -0.1) is 23.5 Å². The SMILES string of the molecule is C[Si](C)(C)Oc1ccccc1SCC(O)CSc1ccccc1O[Si](C)(C)C. The second kappa shape index (κ2) is 10.2. The van der Waals surface area contributed by atoms with Gasteiger partial charge in [0.25, 0.3) is 0 Å². The minimum absolute atomic E-state index is 0.408. The molecule has 1 N–H and O–H groups in total. The lowest BCUT2D eigenvalue weighted by atomic mass is 10.3. The summed E-state index contributed by atoms with van der Waals surface area (Å²) in [7, 11) is -3.32. The first-order chi connectivity index (χ1) is 13.0. The van der Waals surface area contributed by atoms with Crippen molar-refractivity contribution in [2.75, 3.05) is 11.5 Å². The fourth-order valence-corrected chi connectivity index (χ4v) is 6.19. The molecular weight excluding hydrogens is 421 g/mol. The Labute approximate surface area is 180 Å². The van der Waals surface area contributed by atoms with E-state index in [-0.39, 0.29) is 0 Å². The highest BCUT2D eigenvalue weighted by Crippen LogP contribution is 2.34. The van der Waals surface area contributed by atoms with Crippen LogP contribution in [0.5, 0.6) is 11.5 Å². The quantitative estimate of drug-likeness (QED) is 0.335. The van der Waals surface area contributed by atoms with Crippen LogP contribution in [0.25, 0.3) is 0 Å². The first kappa shape index (κ1) is 23.4. The van der Waals surface area contributed by atoms with Crippen molar-refractivity contribution in [2.24, 2.45) is 0 Å². The van der Waals surface area contributed by atoms with Crippen LogP contribution < -0.4 is 8.85 Å². The monoisotopic (exact) mass is 452 g/mol. The molecule has 0 fully saturated rings. The minimum atomic E-state index is -1.66. The molecule has 2 aromatic rings. The maximum absolute atomic E-state index is 10.5. The van der Waals surface area contributed by atoms with Crippen molar-refractivity contribution in [1.82, 2.24) is 0 Å². The molecule has 28 heavy (non-hydrogen) atoms. The van der Waals surface area contributed by atoms with Crippen LogP contribution in [-0.2, 0) is 0 Å². The summed E-state index contributed by atoms with van der Waals surface area (Å²) in [4.78, 5) is 2.19. The maximum Gasteiger partial charge on any atom is 0.242 e. The summed E-state index contributed by atoms with van der Waals surface area (Å²) < 4.78 is 12.4. The first-order valence-corrected chi connectivity index (χ1v) is 18.3. The molecule has 0 aromatic heterocycles.